The molecule has 1 atom stereocenters. The van der Waals surface area contributed by atoms with Gasteiger partial charge in [0.2, 0.25) is 0 Å². The van der Waals surface area contributed by atoms with E-state index in [0.29, 0.717) is 0 Å². The van der Waals surface area contributed by atoms with Crippen molar-refractivity contribution in [3.05, 3.63) is 95.1 Å². The van der Waals surface area contributed by atoms with Crippen LogP contribution in [0, 0.1) is 0 Å². The van der Waals surface area contributed by atoms with E-state index in [9.17, 15) is 0 Å². The van der Waals surface area contributed by atoms with Gasteiger partial charge in [0.15, 0.2) is 0 Å². The first kappa shape index (κ1) is 16.7. The van der Waals surface area contributed by atoms with Crippen LogP contribution in [0.15, 0.2) is 72.8 Å². The third kappa shape index (κ3) is 2.32. The average molecular weight is 371 g/mol. The van der Waals surface area contributed by atoms with Crippen molar-refractivity contribution in [2.24, 2.45) is 0 Å². The smallest absolute Gasteiger partial charge is 0.384 e. The minimum Gasteiger partial charge on any atom is -0.394 e. The number of fused-ring (bicyclic) bond motifs is 4. The standard InChI is InChI=1S/C24H22O2Si/c1-25-27(26-2,24-15-14-17-8-3-6-11-20(17)24)23-13-7-12-21-19-10-5-4-9-18(19)16-22(21)23/h3-15,24H,16H2,1-2H3. The van der Waals surface area contributed by atoms with Gasteiger partial charge >= 0.3 is 8.56 Å². The zero-order chi connectivity index (χ0) is 18.4. The maximum Gasteiger partial charge on any atom is 0.384 e. The summed E-state index contributed by atoms with van der Waals surface area (Å²) in [4.78, 5) is 0. The maximum atomic E-state index is 6.30. The highest BCUT2D eigenvalue weighted by atomic mass is 28.4. The first-order valence-electron chi connectivity index (χ1n) is 9.36. The summed E-state index contributed by atoms with van der Waals surface area (Å²) in [7, 11) is 0.902. The van der Waals surface area contributed by atoms with Crippen LogP contribution in [-0.2, 0) is 15.3 Å². The minimum absolute atomic E-state index is 0.152. The van der Waals surface area contributed by atoms with E-state index in [4.69, 9.17) is 8.85 Å². The molecule has 0 aliphatic heterocycles. The van der Waals surface area contributed by atoms with Gasteiger partial charge in [-0.1, -0.05) is 78.9 Å². The van der Waals surface area contributed by atoms with E-state index in [-0.39, 0.29) is 5.54 Å². The molecule has 2 aliphatic rings. The normalized spacial score (nSPS) is 16.9. The Hall–Kier alpha value is -2.46. The van der Waals surface area contributed by atoms with Crippen LogP contribution >= 0.6 is 0 Å². The van der Waals surface area contributed by atoms with Crippen molar-refractivity contribution < 1.29 is 8.85 Å². The molecule has 0 spiro atoms. The van der Waals surface area contributed by atoms with Gasteiger partial charge in [-0.25, -0.2) is 0 Å². The highest BCUT2D eigenvalue weighted by Crippen LogP contribution is 2.41. The summed E-state index contributed by atoms with van der Waals surface area (Å²) in [5, 5.41) is 1.26. The third-order valence-corrected chi connectivity index (χ3v) is 9.80. The molecule has 0 bridgehead atoms. The summed E-state index contributed by atoms with van der Waals surface area (Å²) in [5.41, 5.74) is 8.14. The number of hydrogen-bond acceptors (Lipinski definition) is 2. The molecule has 0 saturated heterocycles. The molecule has 2 aliphatic carbocycles. The lowest BCUT2D eigenvalue weighted by molar-refractivity contribution is 0.251. The maximum absolute atomic E-state index is 6.30. The van der Waals surface area contributed by atoms with Crippen LogP contribution in [0.25, 0.3) is 17.2 Å². The summed E-state index contributed by atoms with van der Waals surface area (Å²) in [6.45, 7) is 0. The first-order valence-corrected chi connectivity index (χ1v) is 11.3. The predicted molar refractivity (Wildman–Crippen MR) is 112 cm³/mol. The summed E-state index contributed by atoms with van der Waals surface area (Å²) >= 11 is 0. The Labute approximate surface area is 161 Å². The molecular weight excluding hydrogens is 348 g/mol. The Kier molecular flexibility index (Phi) is 3.90. The molecule has 0 radical (unpaired) electrons. The van der Waals surface area contributed by atoms with Gasteiger partial charge in [-0.3, -0.25) is 0 Å². The molecule has 134 valence electrons. The van der Waals surface area contributed by atoms with Crippen molar-refractivity contribution in [3.63, 3.8) is 0 Å². The Balaban J connectivity index is 1.70. The largest absolute Gasteiger partial charge is 0.394 e. The van der Waals surface area contributed by atoms with E-state index < -0.39 is 8.56 Å². The zero-order valence-electron chi connectivity index (χ0n) is 15.6. The van der Waals surface area contributed by atoms with E-state index in [2.05, 4.69) is 78.9 Å². The van der Waals surface area contributed by atoms with E-state index in [1.165, 1.54) is 38.6 Å². The van der Waals surface area contributed by atoms with Crippen LogP contribution < -0.4 is 5.19 Å². The number of rotatable bonds is 4. The van der Waals surface area contributed by atoms with Crippen molar-refractivity contribution in [2.45, 2.75) is 12.0 Å². The van der Waals surface area contributed by atoms with Gasteiger partial charge in [0, 0.05) is 14.2 Å². The van der Waals surface area contributed by atoms with Crippen LogP contribution in [0.3, 0.4) is 0 Å². The van der Waals surface area contributed by atoms with Crippen LogP contribution in [0.1, 0.15) is 27.8 Å². The topological polar surface area (TPSA) is 18.5 Å². The monoisotopic (exact) mass is 370 g/mol. The molecule has 3 aromatic rings. The van der Waals surface area contributed by atoms with Crippen molar-refractivity contribution in [2.75, 3.05) is 14.2 Å². The fourth-order valence-electron chi connectivity index (χ4n) is 4.79. The SMILES string of the molecule is CO[Si](OC)(c1cccc2c1Cc1ccccc1-2)C1C=Cc2ccccc21. The second kappa shape index (κ2) is 6.31. The molecule has 1 unspecified atom stereocenters. The number of benzene rings is 3. The molecule has 2 nitrogen and oxygen atoms in total. The molecule has 3 aromatic carbocycles. The molecule has 0 fully saturated rings. The Bertz CT molecular complexity index is 1050. The fourth-order valence-corrected chi connectivity index (χ4v) is 8.23. The van der Waals surface area contributed by atoms with Gasteiger partial charge < -0.3 is 8.85 Å². The van der Waals surface area contributed by atoms with Gasteiger partial charge in [-0.2, -0.15) is 0 Å². The summed E-state index contributed by atoms with van der Waals surface area (Å²) in [6, 6.07) is 23.9. The Morgan fingerprint density at radius 2 is 1.56 bits per heavy atom. The summed E-state index contributed by atoms with van der Waals surface area (Å²) in [6.07, 6.45) is 5.42. The molecule has 27 heavy (non-hydrogen) atoms. The predicted octanol–water partition coefficient (Wildman–Crippen LogP) is 4.55. The summed E-state index contributed by atoms with van der Waals surface area (Å²) in [5.74, 6) is 0. The van der Waals surface area contributed by atoms with Crippen LogP contribution in [0.4, 0.5) is 0 Å². The lowest BCUT2D eigenvalue weighted by Gasteiger charge is -2.34. The van der Waals surface area contributed by atoms with Crippen LogP contribution in [0.2, 0.25) is 0 Å². The number of allylic oxidation sites excluding steroid dienone is 1. The lowest BCUT2D eigenvalue weighted by atomic mass is 10.1. The Morgan fingerprint density at radius 3 is 2.41 bits per heavy atom. The van der Waals surface area contributed by atoms with Crippen molar-refractivity contribution in [1.82, 2.24) is 0 Å². The minimum atomic E-state index is -2.72. The van der Waals surface area contributed by atoms with Crippen molar-refractivity contribution in [3.8, 4) is 11.1 Å². The van der Waals surface area contributed by atoms with Crippen molar-refractivity contribution in [1.29, 1.82) is 0 Å². The van der Waals surface area contributed by atoms with Crippen LogP contribution in [0.5, 0.6) is 0 Å². The zero-order valence-corrected chi connectivity index (χ0v) is 16.6. The fraction of sp³-hybridized carbons (Fsp3) is 0.167. The van der Waals surface area contributed by atoms with E-state index >= 15 is 0 Å². The second-order valence-electron chi connectivity index (χ2n) is 7.21. The summed E-state index contributed by atoms with van der Waals surface area (Å²) < 4.78 is 12.6. The molecular formula is C24H22O2Si. The second-order valence-corrected chi connectivity index (χ2v) is 10.5. The number of hydrogen-bond donors (Lipinski definition) is 0. The average Bonchev–Trinajstić information content (AvgIpc) is 3.32. The van der Waals surface area contributed by atoms with Gasteiger partial charge in [0.05, 0.1) is 5.54 Å². The quantitative estimate of drug-likeness (QED) is 0.491. The van der Waals surface area contributed by atoms with E-state index in [1.807, 2.05) is 14.2 Å². The van der Waals surface area contributed by atoms with Gasteiger partial charge in [0.1, 0.15) is 0 Å². The first-order chi connectivity index (χ1) is 13.3. The van der Waals surface area contributed by atoms with Crippen molar-refractivity contribution >= 4 is 19.8 Å². The van der Waals surface area contributed by atoms with Gasteiger partial charge in [-0.15, -0.1) is 0 Å². The molecule has 0 aromatic heterocycles. The van der Waals surface area contributed by atoms with E-state index in [1.54, 1.807) is 0 Å². The van der Waals surface area contributed by atoms with Crippen LogP contribution in [-0.4, -0.2) is 22.8 Å². The molecule has 0 N–H and O–H groups in total. The molecule has 5 rings (SSSR count). The molecule has 0 heterocycles. The molecule has 0 saturated carbocycles. The highest BCUT2D eigenvalue weighted by molar-refractivity contribution is 6.83. The van der Waals surface area contributed by atoms with E-state index in [0.717, 1.165) is 6.42 Å². The van der Waals surface area contributed by atoms with Gasteiger partial charge in [-0.05, 0) is 45.0 Å². The lowest BCUT2D eigenvalue weighted by Crippen LogP contribution is -2.58. The molecule has 3 heteroatoms. The van der Waals surface area contributed by atoms with Gasteiger partial charge in [0.25, 0.3) is 0 Å². The Morgan fingerprint density at radius 1 is 0.815 bits per heavy atom. The molecule has 0 amide bonds. The highest BCUT2D eigenvalue weighted by Gasteiger charge is 2.50. The third-order valence-electron chi connectivity index (χ3n) is 6.04.